The fourth-order valence-electron chi connectivity index (χ4n) is 3.41. The maximum absolute atomic E-state index is 5.48. The lowest BCUT2D eigenvalue weighted by molar-refractivity contribution is 0.355. The van der Waals surface area contributed by atoms with Crippen molar-refractivity contribution in [3.63, 3.8) is 0 Å². The highest BCUT2D eigenvalue weighted by Crippen LogP contribution is 2.37. The number of nitrogens with zero attached hydrogens (tertiary/aromatic N) is 3. The summed E-state index contributed by atoms with van der Waals surface area (Å²) in [5.41, 5.74) is 3.87. The maximum atomic E-state index is 5.48. The molecule has 1 N–H and O–H groups in total. The normalized spacial score (nSPS) is 12.3. The van der Waals surface area contributed by atoms with E-state index in [4.69, 9.17) is 14.5 Å². The van der Waals surface area contributed by atoms with Crippen molar-refractivity contribution in [2.75, 3.05) is 20.8 Å². The molecule has 0 aliphatic rings. The van der Waals surface area contributed by atoms with Crippen molar-refractivity contribution >= 4 is 22.4 Å². The number of methoxy groups -OCH3 is 2. The minimum Gasteiger partial charge on any atom is -0.493 e. The topological polar surface area (TPSA) is 61.2 Å². The third-order valence-corrected chi connectivity index (χ3v) is 6.09. The molecular formula is C22H24N4O2S. The average molecular weight is 409 g/mol. The summed E-state index contributed by atoms with van der Waals surface area (Å²) < 4.78 is 12.9. The molecule has 29 heavy (non-hydrogen) atoms. The molecule has 4 aromatic rings. The van der Waals surface area contributed by atoms with Crippen LogP contribution in [0.4, 0.5) is 0 Å². The third-order valence-electron chi connectivity index (χ3n) is 4.85. The van der Waals surface area contributed by atoms with Crippen LogP contribution >= 0.6 is 11.3 Å². The molecule has 0 bridgehead atoms. The van der Waals surface area contributed by atoms with Crippen molar-refractivity contribution < 1.29 is 9.47 Å². The Morgan fingerprint density at radius 1 is 1.10 bits per heavy atom. The number of hydrogen-bond donors (Lipinski definition) is 1. The summed E-state index contributed by atoms with van der Waals surface area (Å²) in [6.07, 6.45) is 1.80. The van der Waals surface area contributed by atoms with Crippen molar-refractivity contribution in [1.82, 2.24) is 19.9 Å². The van der Waals surface area contributed by atoms with Gasteiger partial charge >= 0.3 is 0 Å². The molecule has 0 saturated heterocycles. The van der Waals surface area contributed by atoms with Gasteiger partial charge in [0, 0.05) is 23.7 Å². The summed E-state index contributed by atoms with van der Waals surface area (Å²) in [6.45, 7) is 5.18. The zero-order valence-corrected chi connectivity index (χ0v) is 17.8. The van der Waals surface area contributed by atoms with Gasteiger partial charge in [0.1, 0.15) is 6.33 Å². The molecular weight excluding hydrogens is 384 g/mol. The minimum atomic E-state index is 0.200. The highest BCUT2D eigenvalue weighted by molar-refractivity contribution is 7.14. The lowest BCUT2D eigenvalue weighted by atomic mass is 10.1. The van der Waals surface area contributed by atoms with Crippen LogP contribution in [0.5, 0.6) is 11.5 Å². The number of fused-ring (bicyclic) bond motifs is 1. The van der Waals surface area contributed by atoms with E-state index in [0.29, 0.717) is 11.5 Å². The van der Waals surface area contributed by atoms with Gasteiger partial charge in [-0.05, 0) is 13.5 Å². The SMILES string of the molecule is CCNC(C)c1sc(-n2cnc3cc(OC)c(OC)cc32)nc1-c1ccccc1. The number of thiazole rings is 1. The van der Waals surface area contributed by atoms with Gasteiger partial charge in [-0.2, -0.15) is 0 Å². The number of nitrogens with one attached hydrogen (secondary N) is 1. The molecule has 1 unspecified atom stereocenters. The van der Waals surface area contributed by atoms with Gasteiger partial charge in [-0.1, -0.05) is 48.6 Å². The lowest BCUT2D eigenvalue weighted by Gasteiger charge is -2.11. The lowest BCUT2D eigenvalue weighted by Crippen LogP contribution is -2.17. The third kappa shape index (κ3) is 3.59. The van der Waals surface area contributed by atoms with Gasteiger partial charge in [0.15, 0.2) is 16.6 Å². The molecule has 1 atom stereocenters. The van der Waals surface area contributed by atoms with Crippen molar-refractivity contribution in [3.8, 4) is 27.9 Å². The summed E-state index contributed by atoms with van der Waals surface area (Å²) in [4.78, 5) is 10.8. The highest BCUT2D eigenvalue weighted by Gasteiger charge is 2.20. The van der Waals surface area contributed by atoms with Crippen LogP contribution in [-0.2, 0) is 0 Å². The van der Waals surface area contributed by atoms with E-state index >= 15 is 0 Å². The maximum Gasteiger partial charge on any atom is 0.196 e. The Morgan fingerprint density at radius 3 is 2.52 bits per heavy atom. The molecule has 2 aromatic heterocycles. The van der Waals surface area contributed by atoms with Crippen LogP contribution in [-0.4, -0.2) is 35.3 Å². The molecule has 0 aliphatic carbocycles. The Labute approximate surface area is 174 Å². The Morgan fingerprint density at radius 2 is 1.83 bits per heavy atom. The van der Waals surface area contributed by atoms with Gasteiger partial charge in [-0.3, -0.25) is 4.57 Å². The van der Waals surface area contributed by atoms with E-state index < -0.39 is 0 Å². The second-order valence-corrected chi connectivity index (χ2v) is 7.67. The fourth-order valence-corrected chi connectivity index (χ4v) is 4.50. The smallest absolute Gasteiger partial charge is 0.196 e. The predicted molar refractivity (Wildman–Crippen MR) is 117 cm³/mol. The summed E-state index contributed by atoms with van der Waals surface area (Å²) in [6, 6.07) is 14.3. The van der Waals surface area contributed by atoms with Crippen molar-refractivity contribution in [1.29, 1.82) is 0 Å². The Bertz CT molecular complexity index is 1120. The Hall–Kier alpha value is -2.90. The number of imidazole rings is 1. The molecule has 0 radical (unpaired) electrons. The molecule has 0 saturated carbocycles. The van der Waals surface area contributed by atoms with E-state index in [1.807, 2.05) is 34.9 Å². The molecule has 2 heterocycles. The van der Waals surface area contributed by atoms with Gasteiger partial charge < -0.3 is 14.8 Å². The zero-order valence-electron chi connectivity index (χ0n) is 17.0. The molecule has 7 heteroatoms. The van der Waals surface area contributed by atoms with Gasteiger partial charge in [-0.15, -0.1) is 0 Å². The summed E-state index contributed by atoms with van der Waals surface area (Å²) in [7, 11) is 3.26. The summed E-state index contributed by atoms with van der Waals surface area (Å²) in [5, 5.41) is 4.38. The first-order valence-electron chi connectivity index (χ1n) is 9.55. The summed E-state index contributed by atoms with van der Waals surface area (Å²) >= 11 is 1.68. The molecule has 0 aliphatic heterocycles. The number of hydrogen-bond acceptors (Lipinski definition) is 6. The molecule has 0 spiro atoms. The van der Waals surface area contributed by atoms with Crippen LogP contribution < -0.4 is 14.8 Å². The van der Waals surface area contributed by atoms with E-state index in [2.05, 4.69) is 36.3 Å². The van der Waals surface area contributed by atoms with Crippen LogP contribution in [0.2, 0.25) is 0 Å². The van der Waals surface area contributed by atoms with E-state index in [1.165, 1.54) is 4.88 Å². The van der Waals surface area contributed by atoms with Gasteiger partial charge in [0.2, 0.25) is 0 Å². The highest BCUT2D eigenvalue weighted by atomic mass is 32.1. The molecule has 2 aromatic carbocycles. The first-order chi connectivity index (χ1) is 14.2. The second kappa shape index (κ2) is 8.23. The Kier molecular flexibility index (Phi) is 5.51. The van der Waals surface area contributed by atoms with Crippen molar-refractivity contribution in [3.05, 3.63) is 53.7 Å². The van der Waals surface area contributed by atoms with E-state index in [9.17, 15) is 0 Å². The quantitative estimate of drug-likeness (QED) is 0.474. The van der Waals surface area contributed by atoms with E-state index in [0.717, 1.165) is 34.0 Å². The van der Waals surface area contributed by atoms with Gasteiger partial charge in [0.25, 0.3) is 0 Å². The van der Waals surface area contributed by atoms with Crippen LogP contribution in [0.1, 0.15) is 24.8 Å². The number of benzene rings is 2. The van der Waals surface area contributed by atoms with E-state index in [1.54, 1.807) is 31.9 Å². The monoisotopic (exact) mass is 408 g/mol. The van der Waals surface area contributed by atoms with Crippen LogP contribution in [0.25, 0.3) is 27.4 Å². The first kappa shape index (κ1) is 19.4. The standard InChI is InChI=1S/C22H24N4O2S/c1-5-23-14(2)21-20(15-9-7-6-8-10-15)25-22(29-21)26-13-24-16-11-18(27-3)19(28-4)12-17(16)26/h6-14,23H,5H2,1-4H3. The molecule has 4 rings (SSSR count). The molecule has 0 fully saturated rings. The second-order valence-electron chi connectivity index (χ2n) is 6.67. The predicted octanol–water partition coefficient (Wildman–Crippen LogP) is 4.84. The van der Waals surface area contributed by atoms with Crippen LogP contribution in [0.3, 0.4) is 0 Å². The van der Waals surface area contributed by atoms with Crippen molar-refractivity contribution in [2.24, 2.45) is 0 Å². The van der Waals surface area contributed by atoms with Gasteiger partial charge in [0.05, 0.1) is 35.8 Å². The van der Waals surface area contributed by atoms with E-state index in [-0.39, 0.29) is 6.04 Å². The average Bonchev–Trinajstić information content (AvgIpc) is 3.37. The first-order valence-corrected chi connectivity index (χ1v) is 10.4. The van der Waals surface area contributed by atoms with Gasteiger partial charge in [-0.25, -0.2) is 9.97 Å². The zero-order chi connectivity index (χ0) is 20.4. The summed E-state index contributed by atoms with van der Waals surface area (Å²) in [5.74, 6) is 1.33. The Balaban J connectivity index is 1.87. The fraction of sp³-hybridized carbons (Fsp3) is 0.273. The number of ether oxygens (including phenoxy) is 2. The van der Waals surface area contributed by atoms with Crippen LogP contribution in [0.15, 0.2) is 48.8 Å². The number of aromatic nitrogens is 3. The minimum absolute atomic E-state index is 0.200. The molecule has 0 amide bonds. The van der Waals surface area contributed by atoms with Crippen molar-refractivity contribution in [2.45, 2.75) is 19.9 Å². The molecule has 6 nitrogen and oxygen atoms in total. The largest absolute Gasteiger partial charge is 0.493 e. The number of rotatable bonds is 7. The van der Waals surface area contributed by atoms with Crippen LogP contribution in [0, 0.1) is 0 Å². The molecule has 150 valence electrons.